The third-order valence-corrected chi connectivity index (χ3v) is 3.54. The van der Waals surface area contributed by atoms with Crippen molar-refractivity contribution in [1.82, 2.24) is 9.97 Å². The van der Waals surface area contributed by atoms with E-state index < -0.39 is 5.91 Å². The van der Waals surface area contributed by atoms with E-state index in [0.29, 0.717) is 16.8 Å². The predicted octanol–water partition coefficient (Wildman–Crippen LogP) is 3.06. The number of nitrogens with zero attached hydrogens (tertiary/aromatic N) is 2. The monoisotopic (exact) mass is 313 g/mol. The van der Waals surface area contributed by atoms with Crippen molar-refractivity contribution in [1.29, 1.82) is 0 Å². The topological polar surface area (TPSA) is 78.1 Å². The molecule has 2 aromatic carbocycles. The molecule has 0 atom stereocenters. The minimum atomic E-state index is -0.506. The first-order valence-electron chi connectivity index (χ1n) is 6.49. The van der Waals surface area contributed by atoms with Crippen LogP contribution in [0.15, 0.2) is 42.6 Å². The van der Waals surface area contributed by atoms with Gasteiger partial charge in [0.05, 0.1) is 12.6 Å². The molecule has 0 saturated carbocycles. The molecule has 6 heteroatoms. The standard InChI is InChI=1S/C16H12ClN3O2/c1-22-13-7-9(15(18)21)5-6-11(13)12-4-2-3-10-8-19-16(17)20-14(10)12/h2-8H,1H3,(H2,18,21). The van der Waals surface area contributed by atoms with E-state index in [2.05, 4.69) is 9.97 Å². The lowest BCUT2D eigenvalue weighted by Crippen LogP contribution is -2.10. The Kier molecular flexibility index (Phi) is 3.65. The van der Waals surface area contributed by atoms with Gasteiger partial charge < -0.3 is 10.5 Å². The lowest BCUT2D eigenvalue weighted by atomic mass is 10.00. The van der Waals surface area contributed by atoms with Gasteiger partial charge >= 0.3 is 0 Å². The predicted molar refractivity (Wildman–Crippen MR) is 85.1 cm³/mol. The molecule has 0 aliphatic heterocycles. The number of nitrogens with two attached hydrogens (primary N) is 1. The summed E-state index contributed by atoms with van der Waals surface area (Å²) in [6, 6.07) is 10.8. The first-order chi connectivity index (χ1) is 10.6. The van der Waals surface area contributed by atoms with Crippen molar-refractivity contribution in [2.24, 2.45) is 5.73 Å². The smallest absolute Gasteiger partial charge is 0.248 e. The molecule has 0 radical (unpaired) electrons. The Morgan fingerprint density at radius 3 is 2.77 bits per heavy atom. The molecule has 2 N–H and O–H groups in total. The van der Waals surface area contributed by atoms with Gasteiger partial charge in [0.2, 0.25) is 11.2 Å². The van der Waals surface area contributed by atoms with E-state index in [4.69, 9.17) is 22.1 Å². The number of hydrogen-bond acceptors (Lipinski definition) is 4. The molecule has 5 nitrogen and oxygen atoms in total. The molecule has 1 aromatic heterocycles. The van der Waals surface area contributed by atoms with Crippen LogP contribution >= 0.6 is 11.6 Å². The lowest BCUT2D eigenvalue weighted by Gasteiger charge is -2.11. The zero-order valence-electron chi connectivity index (χ0n) is 11.7. The van der Waals surface area contributed by atoms with Gasteiger partial charge in [-0.2, -0.15) is 0 Å². The Labute approximate surface area is 131 Å². The van der Waals surface area contributed by atoms with E-state index in [-0.39, 0.29) is 5.28 Å². The van der Waals surface area contributed by atoms with Crippen LogP contribution in [0, 0.1) is 0 Å². The highest BCUT2D eigenvalue weighted by Crippen LogP contribution is 2.34. The third kappa shape index (κ3) is 2.46. The van der Waals surface area contributed by atoms with Crippen LogP contribution in [0.5, 0.6) is 5.75 Å². The SMILES string of the molecule is COc1cc(C(N)=O)ccc1-c1cccc2cnc(Cl)nc12. The van der Waals surface area contributed by atoms with E-state index >= 15 is 0 Å². The summed E-state index contributed by atoms with van der Waals surface area (Å²) in [5.41, 5.74) is 8.04. The number of aromatic nitrogens is 2. The van der Waals surface area contributed by atoms with Crippen LogP contribution < -0.4 is 10.5 Å². The Hall–Kier alpha value is -2.66. The first kappa shape index (κ1) is 14.3. The molecular weight excluding hydrogens is 302 g/mol. The molecule has 3 rings (SSSR count). The summed E-state index contributed by atoms with van der Waals surface area (Å²) in [7, 11) is 1.54. The van der Waals surface area contributed by atoms with Crippen molar-refractivity contribution in [3.05, 3.63) is 53.4 Å². The maximum atomic E-state index is 11.3. The number of carbonyl (C=O) groups is 1. The molecule has 3 aromatic rings. The van der Waals surface area contributed by atoms with Gasteiger partial charge in [-0.25, -0.2) is 9.97 Å². The van der Waals surface area contributed by atoms with Gasteiger partial charge in [-0.15, -0.1) is 0 Å². The van der Waals surface area contributed by atoms with Crippen LogP contribution in [0.2, 0.25) is 5.28 Å². The Bertz CT molecular complexity index is 880. The Balaban J connectivity index is 2.27. The Morgan fingerprint density at radius 2 is 2.05 bits per heavy atom. The number of ether oxygens (including phenoxy) is 1. The average molecular weight is 314 g/mol. The molecule has 22 heavy (non-hydrogen) atoms. The number of methoxy groups -OCH3 is 1. The minimum absolute atomic E-state index is 0.174. The molecule has 0 spiro atoms. The maximum absolute atomic E-state index is 11.3. The number of fused-ring (bicyclic) bond motifs is 1. The summed E-state index contributed by atoms with van der Waals surface area (Å²) < 4.78 is 5.39. The molecule has 1 amide bonds. The highest BCUT2D eigenvalue weighted by Gasteiger charge is 2.13. The van der Waals surface area contributed by atoms with Crippen LogP contribution in [-0.4, -0.2) is 23.0 Å². The van der Waals surface area contributed by atoms with Crippen LogP contribution in [0.4, 0.5) is 0 Å². The number of halogens is 1. The van der Waals surface area contributed by atoms with Crippen LogP contribution in [-0.2, 0) is 0 Å². The van der Waals surface area contributed by atoms with Gasteiger partial charge in [-0.1, -0.05) is 18.2 Å². The molecule has 1 heterocycles. The normalized spacial score (nSPS) is 10.6. The van der Waals surface area contributed by atoms with Crippen LogP contribution in [0.25, 0.3) is 22.0 Å². The molecule has 0 aliphatic carbocycles. The van der Waals surface area contributed by atoms with E-state index in [1.807, 2.05) is 18.2 Å². The summed E-state index contributed by atoms with van der Waals surface area (Å²) in [6.45, 7) is 0. The summed E-state index contributed by atoms with van der Waals surface area (Å²) in [5, 5.41) is 1.04. The number of para-hydroxylation sites is 1. The average Bonchev–Trinajstić information content (AvgIpc) is 2.53. The number of amides is 1. The molecular formula is C16H12ClN3O2. The number of carbonyl (C=O) groups excluding carboxylic acids is 1. The molecule has 0 unspecified atom stereocenters. The van der Waals surface area contributed by atoms with E-state index in [1.165, 1.54) is 7.11 Å². The first-order valence-corrected chi connectivity index (χ1v) is 6.87. The van der Waals surface area contributed by atoms with Gasteiger partial charge in [0.15, 0.2) is 0 Å². The minimum Gasteiger partial charge on any atom is -0.496 e. The van der Waals surface area contributed by atoms with Crippen molar-refractivity contribution in [3.63, 3.8) is 0 Å². The second-order valence-corrected chi connectivity index (χ2v) is 5.00. The summed E-state index contributed by atoms with van der Waals surface area (Å²) >= 11 is 5.90. The summed E-state index contributed by atoms with van der Waals surface area (Å²) in [5.74, 6) is 0.0340. The van der Waals surface area contributed by atoms with Gasteiger partial charge in [0, 0.05) is 28.3 Å². The number of benzene rings is 2. The Morgan fingerprint density at radius 1 is 1.23 bits per heavy atom. The molecule has 0 fully saturated rings. The fourth-order valence-corrected chi connectivity index (χ4v) is 2.45. The van der Waals surface area contributed by atoms with Crippen molar-refractivity contribution < 1.29 is 9.53 Å². The maximum Gasteiger partial charge on any atom is 0.248 e. The molecule has 0 aliphatic rings. The highest BCUT2D eigenvalue weighted by molar-refractivity contribution is 6.28. The zero-order chi connectivity index (χ0) is 15.7. The molecule has 0 bridgehead atoms. The van der Waals surface area contributed by atoms with Crippen molar-refractivity contribution >= 4 is 28.4 Å². The van der Waals surface area contributed by atoms with E-state index in [9.17, 15) is 4.79 Å². The van der Waals surface area contributed by atoms with Gasteiger partial charge in [0.1, 0.15) is 5.75 Å². The second kappa shape index (κ2) is 5.61. The van der Waals surface area contributed by atoms with Crippen LogP contribution in [0.3, 0.4) is 0 Å². The number of hydrogen-bond donors (Lipinski definition) is 1. The van der Waals surface area contributed by atoms with Crippen molar-refractivity contribution in [2.45, 2.75) is 0 Å². The summed E-state index contributed by atoms with van der Waals surface area (Å²) in [4.78, 5) is 19.6. The van der Waals surface area contributed by atoms with Gasteiger partial charge in [-0.05, 0) is 29.8 Å². The fraction of sp³-hybridized carbons (Fsp3) is 0.0625. The second-order valence-electron chi connectivity index (χ2n) is 4.66. The van der Waals surface area contributed by atoms with Crippen molar-refractivity contribution in [3.8, 4) is 16.9 Å². The molecule has 110 valence electrons. The zero-order valence-corrected chi connectivity index (χ0v) is 12.5. The lowest BCUT2D eigenvalue weighted by molar-refractivity contribution is 0.1000. The third-order valence-electron chi connectivity index (χ3n) is 3.36. The van der Waals surface area contributed by atoms with E-state index in [0.717, 1.165) is 16.5 Å². The largest absolute Gasteiger partial charge is 0.496 e. The van der Waals surface area contributed by atoms with Crippen molar-refractivity contribution in [2.75, 3.05) is 7.11 Å². The summed E-state index contributed by atoms with van der Waals surface area (Å²) in [6.07, 6.45) is 1.67. The molecule has 0 saturated heterocycles. The highest BCUT2D eigenvalue weighted by atomic mass is 35.5. The number of primary amides is 1. The van der Waals surface area contributed by atoms with Gasteiger partial charge in [0.25, 0.3) is 0 Å². The van der Waals surface area contributed by atoms with Gasteiger partial charge in [-0.3, -0.25) is 4.79 Å². The van der Waals surface area contributed by atoms with Crippen LogP contribution in [0.1, 0.15) is 10.4 Å². The quantitative estimate of drug-likeness (QED) is 0.754. The number of rotatable bonds is 3. The fourth-order valence-electron chi connectivity index (χ4n) is 2.32. The van der Waals surface area contributed by atoms with E-state index in [1.54, 1.807) is 24.4 Å².